The Morgan fingerprint density at radius 3 is 2.37 bits per heavy atom. The summed E-state index contributed by atoms with van der Waals surface area (Å²) in [5.41, 5.74) is 0. The standard InChI is InChI=1S/C14H26N2O3/c1-11-8-12(2)10-16(9-11)14(19)13(18)15-6-4-3-5-7-17/h11-12,17H,3-10H2,1-2H3,(H,15,18). The predicted octanol–water partition coefficient (Wildman–Crippen LogP) is 0.770. The summed E-state index contributed by atoms with van der Waals surface area (Å²) in [6.07, 6.45) is 3.52. The van der Waals surface area contributed by atoms with Gasteiger partial charge in [-0.1, -0.05) is 13.8 Å². The average molecular weight is 270 g/mol. The average Bonchev–Trinajstić information content (AvgIpc) is 2.36. The summed E-state index contributed by atoms with van der Waals surface area (Å²) in [5, 5.41) is 11.3. The lowest BCUT2D eigenvalue weighted by Crippen LogP contribution is -2.49. The lowest BCUT2D eigenvalue weighted by molar-refractivity contribution is -0.147. The number of nitrogens with zero attached hydrogens (tertiary/aromatic N) is 1. The number of hydrogen-bond acceptors (Lipinski definition) is 3. The van der Waals surface area contributed by atoms with Crippen LogP contribution in [0, 0.1) is 11.8 Å². The Balaban J connectivity index is 2.29. The number of amides is 2. The van der Waals surface area contributed by atoms with E-state index in [4.69, 9.17) is 5.11 Å². The first-order chi connectivity index (χ1) is 9.04. The van der Waals surface area contributed by atoms with Gasteiger partial charge in [0.1, 0.15) is 0 Å². The lowest BCUT2D eigenvalue weighted by Gasteiger charge is -2.34. The molecule has 0 radical (unpaired) electrons. The van der Waals surface area contributed by atoms with Crippen LogP contribution in [-0.4, -0.2) is 48.1 Å². The highest BCUT2D eigenvalue weighted by Gasteiger charge is 2.28. The van der Waals surface area contributed by atoms with Crippen LogP contribution >= 0.6 is 0 Å². The minimum Gasteiger partial charge on any atom is -0.396 e. The van der Waals surface area contributed by atoms with Gasteiger partial charge >= 0.3 is 11.8 Å². The monoisotopic (exact) mass is 270 g/mol. The van der Waals surface area contributed by atoms with E-state index in [1.54, 1.807) is 4.90 Å². The Bertz CT molecular complexity index is 297. The summed E-state index contributed by atoms with van der Waals surface area (Å²) in [7, 11) is 0. The quantitative estimate of drug-likeness (QED) is 0.572. The molecule has 5 heteroatoms. The molecule has 0 aliphatic carbocycles. The van der Waals surface area contributed by atoms with Crippen LogP contribution in [0.5, 0.6) is 0 Å². The van der Waals surface area contributed by atoms with E-state index in [-0.39, 0.29) is 6.61 Å². The molecule has 5 nitrogen and oxygen atoms in total. The maximum absolute atomic E-state index is 12.0. The van der Waals surface area contributed by atoms with Crippen LogP contribution in [0.2, 0.25) is 0 Å². The van der Waals surface area contributed by atoms with Gasteiger partial charge in [-0.3, -0.25) is 9.59 Å². The van der Waals surface area contributed by atoms with Crippen molar-refractivity contribution in [2.45, 2.75) is 39.5 Å². The first kappa shape index (κ1) is 16.0. The van der Waals surface area contributed by atoms with Crippen LogP contribution in [0.15, 0.2) is 0 Å². The van der Waals surface area contributed by atoms with Crippen LogP contribution in [0.4, 0.5) is 0 Å². The van der Waals surface area contributed by atoms with Gasteiger partial charge in [0.05, 0.1) is 0 Å². The highest BCUT2D eigenvalue weighted by atomic mass is 16.3. The minimum absolute atomic E-state index is 0.177. The molecule has 1 heterocycles. The smallest absolute Gasteiger partial charge is 0.311 e. The molecule has 0 spiro atoms. The fourth-order valence-corrected chi connectivity index (χ4v) is 2.66. The van der Waals surface area contributed by atoms with Crippen molar-refractivity contribution in [3.8, 4) is 0 Å². The summed E-state index contributed by atoms with van der Waals surface area (Å²) in [4.78, 5) is 25.4. The number of unbranched alkanes of at least 4 members (excludes halogenated alkanes) is 2. The number of nitrogens with one attached hydrogen (secondary N) is 1. The maximum atomic E-state index is 12.0. The Hall–Kier alpha value is -1.10. The fraction of sp³-hybridized carbons (Fsp3) is 0.857. The highest BCUT2D eigenvalue weighted by molar-refractivity contribution is 6.35. The van der Waals surface area contributed by atoms with Crippen molar-refractivity contribution in [1.82, 2.24) is 10.2 Å². The number of carbonyl (C=O) groups is 2. The molecule has 2 unspecified atom stereocenters. The van der Waals surface area contributed by atoms with Crippen molar-refractivity contribution in [2.75, 3.05) is 26.2 Å². The fourth-order valence-electron chi connectivity index (χ4n) is 2.66. The van der Waals surface area contributed by atoms with Crippen LogP contribution < -0.4 is 5.32 Å². The van der Waals surface area contributed by atoms with Crippen molar-refractivity contribution in [1.29, 1.82) is 0 Å². The zero-order chi connectivity index (χ0) is 14.3. The lowest BCUT2D eigenvalue weighted by atomic mass is 9.92. The maximum Gasteiger partial charge on any atom is 0.311 e. The zero-order valence-electron chi connectivity index (χ0n) is 12.0. The molecular weight excluding hydrogens is 244 g/mol. The first-order valence-electron chi connectivity index (χ1n) is 7.22. The molecule has 2 amide bonds. The number of likely N-dealkylation sites (tertiary alicyclic amines) is 1. The number of carbonyl (C=O) groups excluding carboxylic acids is 2. The van der Waals surface area contributed by atoms with Crippen molar-refractivity contribution >= 4 is 11.8 Å². The Kier molecular flexibility index (Phi) is 6.84. The van der Waals surface area contributed by atoms with Gasteiger partial charge in [0.25, 0.3) is 0 Å². The van der Waals surface area contributed by atoms with Crippen LogP contribution in [-0.2, 0) is 9.59 Å². The second-order valence-corrected chi connectivity index (χ2v) is 5.70. The van der Waals surface area contributed by atoms with Crippen molar-refractivity contribution in [3.05, 3.63) is 0 Å². The van der Waals surface area contributed by atoms with E-state index in [1.807, 2.05) is 0 Å². The van der Waals surface area contributed by atoms with Gasteiger partial charge in [0, 0.05) is 26.2 Å². The van der Waals surface area contributed by atoms with Crippen LogP contribution in [0.25, 0.3) is 0 Å². The molecule has 2 atom stereocenters. The number of piperidine rings is 1. The van der Waals surface area contributed by atoms with Crippen molar-refractivity contribution in [3.63, 3.8) is 0 Å². The van der Waals surface area contributed by atoms with Crippen LogP contribution in [0.1, 0.15) is 39.5 Å². The molecule has 110 valence electrons. The molecule has 0 aromatic carbocycles. The topological polar surface area (TPSA) is 69.6 Å². The summed E-state index contributed by atoms with van der Waals surface area (Å²) < 4.78 is 0. The molecule has 1 aliphatic heterocycles. The largest absolute Gasteiger partial charge is 0.396 e. The molecule has 1 aliphatic rings. The molecule has 1 rings (SSSR count). The molecule has 1 fully saturated rings. The summed E-state index contributed by atoms with van der Waals surface area (Å²) >= 11 is 0. The molecule has 0 aromatic rings. The third kappa shape index (κ3) is 5.59. The second-order valence-electron chi connectivity index (χ2n) is 5.70. The van der Waals surface area contributed by atoms with E-state index in [2.05, 4.69) is 19.2 Å². The van der Waals surface area contributed by atoms with Gasteiger partial charge < -0.3 is 15.3 Å². The third-order valence-corrected chi connectivity index (χ3v) is 3.47. The third-order valence-electron chi connectivity index (χ3n) is 3.47. The van der Waals surface area contributed by atoms with Gasteiger partial charge in [-0.05, 0) is 37.5 Å². The van der Waals surface area contributed by atoms with Gasteiger partial charge in [-0.15, -0.1) is 0 Å². The van der Waals surface area contributed by atoms with E-state index < -0.39 is 11.8 Å². The van der Waals surface area contributed by atoms with E-state index in [0.717, 1.165) is 25.7 Å². The van der Waals surface area contributed by atoms with Gasteiger partial charge in [-0.2, -0.15) is 0 Å². The summed E-state index contributed by atoms with van der Waals surface area (Å²) in [6, 6.07) is 0. The zero-order valence-corrected chi connectivity index (χ0v) is 12.0. The first-order valence-corrected chi connectivity index (χ1v) is 7.22. The van der Waals surface area contributed by atoms with Crippen molar-refractivity contribution in [2.24, 2.45) is 11.8 Å². The number of rotatable bonds is 5. The SMILES string of the molecule is CC1CC(C)CN(C(=O)C(=O)NCCCCCO)C1. The molecule has 0 saturated carbocycles. The molecular formula is C14H26N2O3. The van der Waals surface area contributed by atoms with E-state index in [9.17, 15) is 9.59 Å². The normalized spacial score (nSPS) is 23.2. The van der Waals surface area contributed by atoms with Gasteiger partial charge in [-0.25, -0.2) is 0 Å². The predicted molar refractivity (Wildman–Crippen MR) is 73.5 cm³/mol. The molecule has 0 bridgehead atoms. The second kappa shape index (κ2) is 8.15. The van der Waals surface area contributed by atoms with Gasteiger partial charge in [0.15, 0.2) is 0 Å². The van der Waals surface area contributed by atoms with Gasteiger partial charge in [0.2, 0.25) is 0 Å². The molecule has 2 N–H and O–H groups in total. The van der Waals surface area contributed by atoms with Crippen LogP contribution in [0.3, 0.4) is 0 Å². The molecule has 19 heavy (non-hydrogen) atoms. The van der Waals surface area contributed by atoms with E-state index in [1.165, 1.54) is 0 Å². The summed E-state index contributed by atoms with van der Waals surface area (Å²) in [6.45, 7) is 6.27. The van der Waals surface area contributed by atoms with Crippen molar-refractivity contribution < 1.29 is 14.7 Å². The number of aliphatic hydroxyl groups excluding tert-OH is 1. The minimum atomic E-state index is -0.495. The van der Waals surface area contributed by atoms with E-state index >= 15 is 0 Å². The van der Waals surface area contributed by atoms with E-state index in [0.29, 0.717) is 31.5 Å². The Morgan fingerprint density at radius 2 is 1.79 bits per heavy atom. The molecule has 1 saturated heterocycles. The number of hydrogen-bond donors (Lipinski definition) is 2. The Labute approximate surface area is 115 Å². The number of aliphatic hydroxyl groups is 1. The highest BCUT2D eigenvalue weighted by Crippen LogP contribution is 2.20. The Morgan fingerprint density at radius 1 is 1.16 bits per heavy atom. The summed E-state index contributed by atoms with van der Waals surface area (Å²) in [5.74, 6) is 0.0287. The molecule has 0 aromatic heterocycles.